The van der Waals surface area contributed by atoms with Crippen LogP contribution in [0.25, 0.3) is 0 Å². The molecule has 0 bridgehead atoms. The molecule has 1 aromatic rings. The van der Waals surface area contributed by atoms with Crippen LogP contribution in [0.5, 0.6) is 0 Å². The van der Waals surface area contributed by atoms with E-state index in [1.807, 2.05) is 32.0 Å². The molecule has 1 heterocycles. The molecule has 1 aromatic carbocycles. The van der Waals surface area contributed by atoms with Crippen molar-refractivity contribution in [2.75, 3.05) is 38.3 Å². The fourth-order valence-corrected chi connectivity index (χ4v) is 3.95. The summed E-state index contributed by atoms with van der Waals surface area (Å²) in [5.41, 5.74) is 0.574. The van der Waals surface area contributed by atoms with Gasteiger partial charge in [-0.25, -0.2) is 0 Å². The second kappa shape index (κ2) is 8.89. The van der Waals surface area contributed by atoms with Crippen LogP contribution in [-0.4, -0.2) is 76.8 Å². The van der Waals surface area contributed by atoms with Gasteiger partial charge in [0.2, 0.25) is 11.8 Å². The van der Waals surface area contributed by atoms with E-state index in [1.165, 1.54) is 4.90 Å². The minimum Gasteiger partial charge on any atom is -0.342 e. The van der Waals surface area contributed by atoms with Crippen molar-refractivity contribution in [1.29, 1.82) is 0 Å². The van der Waals surface area contributed by atoms with E-state index in [0.29, 0.717) is 30.3 Å². The molecular formula is C18H25N3O3S. The zero-order valence-electron chi connectivity index (χ0n) is 15.0. The number of carbonyl (C=O) groups excluding carboxylic acids is 3. The Morgan fingerprint density at radius 3 is 2.40 bits per heavy atom. The Morgan fingerprint density at radius 2 is 1.80 bits per heavy atom. The lowest BCUT2D eigenvalue weighted by molar-refractivity contribution is -0.141. The average Bonchev–Trinajstić information content (AvgIpc) is 3.11. The third kappa shape index (κ3) is 4.54. The molecule has 0 aliphatic carbocycles. The molecular weight excluding hydrogens is 338 g/mol. The topological polar surface area (TPSA) is 60.9 Å². The van der Waals surface area contributed by atoms with Crippen LogP contribution in [0.2, 0.25) is 0 Å². The number of rotatable bonds is 6. The van der Waals surface area contributed by atoms with E-state index in [2.05, 4.69) is 0 Å². The van der Waals surface area contributed by atoms with Gasteiger partial charge < -0.3 is 14.7 Å². The molecule has 3 amide bonds. The second-order valence-electron chi connectivity index (χ2n) is 5.92. The molecule has 25 heavy (non-hydrogen) atoms. The van der Waals surface area contributed by atoms with Crippen molar-refractivity contribution in [2.45, 2.75) is 19.9 Å². The molecule has 1 saturated heterocycles. The molecule has 0 saturated carbocycles. The Balaban J connectivity index is 2.04. The second-order valence-corrected chi connectivity index (χ2v) is 6.92. The Labute approximate surface area is 153 Å². The normalized spacial score (nSPS) is 16.6. The van der Waals surface area contributed by atoms with Gasteiger partial charge >= 0.3 is 0 Å². The zero-order chi connectivity index (χ0) is 18.4. The van der Waals surface area contributed by atoms with Gasteiger partial charge in [0.1, 0.15) is 6.04 Å². The van der Waals surface area contributed by atoms with E-state index in [4.69, 9.17) is 0 Å². The molecule has 0 spiro atoms. The molecule has 0 aromatic heterocycles. The van der Waals surface area contributed by atoms with E-state index >= 15 is 0 Å². The van der Waals surface area contributed by atoms with Gasteiger partial charge in [-0.1, -0.05) is 18.2 Å². The number of likely N-dealkylation sites (N-methyl/N-ethyl adjacent to an activating group) is 2. The lowest BCUT2D eigenvalue weighted by Gasteiger charge is -2.28. The lowest BCUT2D eigenvalue weighted by Crippen LogP contribution is -2.50. The summed E-state index contributed by atoms with van der Waals surface area (Å²) in [6.07, 6.45) is 0. The van der Waals surface area contributed by atoms with Crippen LogP contribution >= 0.6 is 11.8 Å². The van der Waals surface area contributed by atoms with E-state index < -0.39 is 6.04 Å². The largest absolute Gasteiger partial charge is 0.342 e. The lowest BCUT2D eigenvalue weighted by atomic mass is 10.1. The molecule has 7 heteroatoms. The summed E-state index contributed by atoms with van der Waals surface area (Å²) >= 11 is 1.56. The molecule has 1 aliphatic heterocycles. The van der Waals surface area contributed by atoms with Crippen molar-refractivity contribution in [2.24, 2.45) is 0 Å². The number of benzene rings is 1. The molecule has 2 rings (SSSR count). The first-order chi connectivity index (χ1) is 12.0. The first-order valence-corrected chi connectivity index (χ1v) is 9.61. The van der Waals surface area contributed by atoms with Crippen molar-refractivity contribution in [3.8, 4) is 0 Å². The van der Waals surface area contributed by atoms with Crippen molar-refractivity contribution in [1.82, 2.24) is 14.7 Å². The Morgan fingerprint density at radius 1 is 1.16 bits per heavy atom. The summed E-state index contributed by atoms with van der Waals surface area (Å²) in [4.78, 5) is 42.4. The third-order valence-corrected chi connectivity index (χ3v) is 5.33. The van der Waals surface area contributed by atoms with Gasteiger partial charge in [0.25, 0.3) is 5.91 Å². The van der Waals surface area contributed by atoms with Crippen molar-refractivity contribution >= 4 is 29.5 Å². The van der Waals surface area contributed by atoms with Gasteiger partial charge in [0.05, 0.1) is 12.4 Å². The Bertz CT molecular complexity index is 619. The van der Waals surface area contributed by atoms with Gasteiger partial charge in [0.15, 0.2) is 0 Å². The van der Waals surface area contributed by atoms with E-state index in [-0.39, 0.29) is 24.3 Å². The SMILES string of the molecule is CCN(CC)C(=O)CN(C)C(=O)C1CSCN1C(=O)c1ccccc1. The number of thioether (sulfide) groups is 1. The number of amides is 3. The maximum atomic E-state index is 12.8. The standard InChI is InChI=1S/C18H25N3O3S/c1-4-20(5-2)16(22)11-19(3)18(24)15-12-25-13-21(15)17(23)14-9-7-6-8-10-14/h6-10,15H,4-5,11-13H2,1-3H3. The van der Waals surface area contributed by atoms with Crippen molar-refractivity contribution in [3.05, 3.63) is 35.9 Å². The highest BCUT2D eigenvalue weighted by atomic mass is 32.2. The zero-order valence-corrected chi connectivity index (χ0v) is 15.8. The predicted molar refractivity (Wildman–Crippen MR) is 99.3 cm³/mol. The van der Waals surface area contributed by atoms with Gasteiger partial charge in [-0.2, -0.15) is 0 Å². The van der Waals surface area contributed by atoms with Crippen LogP contribution in [0.4, 0.5) is 0 Å². The molecule has 0 radical (unpaired) electrons. The molecule has 136 valence electrons. The maximum Gasteiger partial charge on any atom is 0.255 e. The summed E-state index contributed by atoms with van der Waals surface area (Å²) in [7, 11) is 1.62. The first kappa shape index (κ1) is 19.3. The number of carbonyl (C=O) groups is 3. The molecule has 1 aliphatic rings. The highest BCUT2D eigenvalue weighted by molar-refractivity contribution is 7.99. The smallest absolute Gasteiger partial charge is 0.255 e. The van der Waals surface area contributed by atoms with Crippen molar-refractivity contribution in [3.63, 3.8) is 0 Å². The van der Waals surface area contributed by atoms with Crippen LogP contribution in [-0.2, 0) is 9.59 Å². The van der Waals surface area contributed by atoms with Crippen LogP contribution in [0.15, 0.2) is 30.3 Å². The molecule has 1 atom stereocenters. The highest BCUT2D eigenvalue weighted by Crippen LogP contribution is 2.24. The number of hydrogen-bond acceptors (Lipinski definition) is 4. The van der Waals surface area contributed by atoms with E-state index in [1.54, 1.807) is 40.7 Å². The first-order valence-electron chi connectivity index (χ1n) is 8.46. The average molecular weight is 363 g/mol. The van der Waals surface area contributed by atoms with Crippen LogP contribution in [0.1, 0.15) is 24.2 Å². The number of hydrogen-bond donors (Lipinski definition) is 0. The highest BCUT2D eigenvalue weighted by Gasteiger charge is 2.37. The summed E-state index contributed by atoms with van der Waals surface area (Å²) in [5.74, 6) is 0.637. The summed E-state index contributed by atoms with van der Waals surface area (Å²) < 4.78 is 0. The molecule has 0 N–H and O–H groups in total. The van der Waals surface area contributed by atoms with Crippen LogP contribution in [0.3, 0.4) is 0 Å². The minimum absolute atomic E-state index is 0.0368. The fraction of sp³-hybridized carbons (Fsp3) is 0.500. The Kier molecular flexibility index (Phi) is 6.87. The number of nitrogens with zero attached hydrogens (tertiary/aromatic N) is 3. The quantitative estimate of drug-likeness (QED) is 0.769. The van der Waals surface area contributed by atoms with Crippen molar-refractivity contribution < 1.29 is 14.4 Å². The van der Waals surface area contributed by atoms with E-state index in [9.17, 15) is 14.4 Å². The van der Waals surface area contributed by atoms with E-state index in [0.717, 1.165) is 0 Å². The minimum atomic E-state index is -0.521. The molecule has 6 nitrogen and oxygen atoms in total. The summed E-state index contributed by atoms with van der Waals surface area (Å²) in [5, 5.41) is 0. The summed E-state index contributed by atoms with van der Waals surface area (Å²) in [6.45, 7) is 5.10. The Hall–Kier alpha value is -2.02. The van der Waals surface area contributed by atoms with Gasteiger partial charge in [0, 0.05) is 31.5 Å². The monoisotopic (exact) mass is 363 g/mol. The fourth-order valence-electron chi connectivity index (χ4n) is 2.81. The van der Waals surface area contributed by atoms with Gasteiger partial charge in [-0.05, 0) is 26.0 Å². The van der Waals surface area contributed by atoms with Crippen LogP contribution in [0, 0.1) is 0 Å². The maximum absolute atomic E-state index is 12.8. The predicted octanol–water partition coefficient (Wildman–Crippen LogP) is 1.53. The molecule has 1 unspecified atom stereocenters. The molecule has 1 fully saturated rings. The third-order valence-electron chi connectivity index (χ3n) is 4.31. The van der Waals surface area contributed by atoms with Gasteiger partial charge in [-0.15, -0.1) is 11.8 Å². The van der Waals surface area contributed by atoms with Crippen LogP contribution < -0.4 is 0 Å². The summed E-state index contributed by atoms with van der Waals surface area (Å²) in [6, 6.07) is 8.45. The van der Waals surface area contributed by atoms with Gasteiger partial charge in [-0.3, -0.25) is 14.4 Å².